The van der Waals surface area contributed by atoms with Crippen molar-refractivity contribution in [3.05, 3.63) is 34.6 Å². The minimum absolute atomic E-state index is 0.0752. The van der Waals surface area contributed by atoms with Crippen molar-refractivity contribution in [1.29, 1.82) is 0 Å². The van der Waals surface area contributed by atoms with Gasteiger partial charge in [-0.2, -0.15) is 11.8 Å². The highest BCUT2D eigenvalue weighted by Gasteiger charge is 2.27. The van der Waals surface area contributed by atoms with Crippen LogP contribution in [0.15, 0.2) is 18.2 Å². The van der Waals surface area contributed by atoms with Gasteiger partial charge in [-0.1, -0.05) is 11.6 Å². The number of thioether (sulfide) groups is 1. The average molecular weight is 345 g/mol. The van der Waals surface area contributed by atoms with Gasteiger partial charge in [0, 0.05) is 26.2 Å². The maximum atomic E-state index is 13.0. The van der Waals surface area contributed by atoms with Crippen LogP contribution in [0.4, 0.5) is 4.39 Å². The molecule has 0 radical (unpaired) electrons. The van der Waals surface area contributed by atoms with Gasteiger partial charge < -0.3 is 9.80 Å². The largest absolute Gasteiger partial charge is 0.338 e. The van der Waals surface area contributed by atoms with Crippen LogP contribution in [0, 0.1) is 5.82 Å². The topological polar surface area (TPSA) is 40.6 Å². The number of carbonyl (C=O) groups is 2. The molecule has 1 fully saturated rings. The Labute approximate surface area is 138 Å². The Balaban J connectivity index is 1.99. The number of amides is 2. The molecular weight excluding hydrogens is 327 g/mol. The van der Waals surface area contributed by atoms with Crippen molar-refractivity contribution >= 4 is 35.2 Å². The zero-order valence-corrected chi connectivity index (χ0v) is 14.1. The van der Waals surface area contributed by atoms with Gasteiger partial charge in [0.1, 0.15) is 5.82 Å². The van der Waals surface area contributed by atoms with Crippen molar-refractivity contribution in [3.8, 4) is 0 Å². The van der Waals surface area contributed by atoms with Crippen LogP contribution in [0.5, 0.6) is 0 Å². The first-order valence-corrected chi connectivity index (χ1v) is 8.66. The first kappa shape index (κ1) is 17.1. The van der Waals surface area contributed by atoms with E-state index in [0.29, 0.717) is 31.7 Å². The molecule has 2 amide bonds. The van der Waals surface area contributed by atoms with E-state index in [9.17, 15) is 14.0 Å². The van der Waals surface area contributed by atoms with Crippen molar-refractivity contribution in [2.75, 3.05) is 32.4 Å². The molecule has 1 atom stereocenters. The lowest BCUT2D eigenvalue weighted by Crippen LogP contribution is -2.52. The molecule has 0 saturated carbocycles. The monoisotopic (exact) mass is 344 g/mol. The third-order valence-corrected chi connectivity index (χ3v) is 4.96. The Morgan fingerprint density at radius 2 is 1.82 bits per heavy atom. The van der Waals surface area contributed by atoms with Gasteiger partial charge in [0.15, 0.2) is 0 Å². The minimum Gasteiger partial charge on any atom is -0.338 e. The van der Waals surface area contributed by atoms with E-state index >= 15 is 0 Å². The number of halogens is 2. The lowest BCUT2D eigenvalue weighted by molar-refractivity contribution is -0.131. The lowest BCUT2D eigenvalue weighted by Gasteiger charge is -2.35. The molecule has 1 heterocycles. The summed E-state index contributed by atoms with van der Waals surface area (Å²) in [4.78, 5) is 27.9. The molecule has 1 aromatic rings. The van der Waals surface area contributed by atoms with Crippen molar-refractivity contribution in [1.82, 2.24) is 9.80 Å². The number of rotatable bonds is 3. The van der Waals surface area contributed by atoms with Crippen molar-refractivity contribution in [2.45, 2.75) is 12.2 Å². The SMILES string of the molecule is CS[C@H](C)C(=O)N1CCN(C(=O)c2ccc(F)cc2Cl)CC1. The third kappa shape index (κ3) is 3.73. The molecule has 0 aliphatic carbocycles. The quantitative estimate of drug-likeness (QED) is 0.846. The Morgan fingerprint density at radius 1 is 1.23 bits per heavy atom. The number of hydrogen-bond donors (Lipinski definition) is 0. The van der Waals surface area contributed by atoms with Crippen molar-refractivity contribution in [2.24, 2.45) is 0 Å². The standard InChI is InChI=1S/C15H18ClFN2O2S/c1-10(22-2)14(20)18-5-7-19(8-6-18)15(21)12-4-3-11(17)9-13(12)16/h3-4,9-10H,5-8H2,1-2H3/t10-/m1/s1. The fourth-order valence-corrected chi connectivity index (χ4v) is 2.92. The summed E-state index contributed by atoms with van der Waals surface area (Å²) in [6, 6.07) is 3.75. The van der Waals surface area contributed by atoms with Gasteiger partial charge in [-0.3, -0.25) is 9.59 Å². The molecule has 2 rings (SSSR count). The van der Waals surface area contributed by atoms with Gasteiger partial charge in [0.2, 0.25) is 5.91 Å². The third-order valence-electron chi connectivity index (χ3n) is 3.74. The minimum atomic E-state index is -0.469. The molecule has 1 aromatic carbocycles. The average Bonchev–Trinajstić information content (AvgIpc) is 2.53. The highest BCUT2D eigenvalue weighted by molar-refractivity contribution is 7.99. The highest BCUT2D eigenvalue weighted by atomic mass is 35.5. The van der Waals surface area contributed by atoms with Crippen LogP contribution in [-0.4, -0.2) is 59.3 Å². The first-order chi connectivity index (χ1) is 10.4. The van der Waals surface area contributed by atoms with Gasteiger partial charge in [-0.25, -0.2) is 4.39 Å². The predicted octanol–water partition coefficient (Wildman–Crippen LogP) is 2.52. The molecule has 120 valence electrons. The van der Waals surface area contributed by atoms with Crippen LogP contribution in [0.1, 0.15) is 17.3 Å². The van der Waals surface area contributed by atoms with E-state index in [0.717, 1.165) is 6.07 Å². The smallest absolute Gasteiger partial charge is 0.255 e. The second-order valence-electron chi connectivity index (χ2n) is 5.12. The van der Waals surface area contributed by atoms with Crippen LogP contribution in [0.3, 0.4) is 0 Å². The molecule has 1 saturated heterocycles. The van der Waals surface area contributed by atoms with Crippen molar-refractivity contribution in [3.63, 3.8) is 0 Å². The summed E-state index contributed by atoms with van der Waals surface area (Å²) in [5.74, 6) is -0.600. The first-order valence-electron chi connectivity index (χ1n) is 7.00. The van der Waals surface area contributed by atoms with E-state index in [4.69, 9.17) is 11.6 Å². The van der Waals surface area contributed by atoms with E-state index in [-0.39, 0.29) is 22.1 Å². The number of nitrogens with zero attached hydrogens (tertiary/aromatic N) is 2. The van der Waals surface area contributed by atoms with Crippen LogP contribution >= 0.6 is 23.4 Å². The van der Waals surface area contributed by atoms with Crippen molar-refractivity contribution < 1.29 is 14.0 Å². The number of piperazine rings is 1. The second-order valence-corrected chi connectivity index (χ2v) is 6.71. The molecule has 4 nitrogen and oxygen atoms in total. The van der Waals surface area contributed by atoms with Gasteiger partial charge in [-0.15, -0.1) is 0 Å². The molecule has 7 heteroatoms. The second kappa shape index (κ2) is 7.33. The number of benzene rings is 1. The summed E-state index contributed by atoms with van der Waals surface area (Å²) in [5.41, 5.74) is 0.292. The van der Waals surface area contributed by atoms with Crippen LogP contribution in [0.25, 0.3) is 0 Å². The summed E-state index contributed by atoms with van der Waals surface area (Å²) in [6.07, 6.45) is 1.90. The van der Waals surface area contributed by atoms with Crippen LogP contribution in [0.2, 0.25) is 5.02 Å². The molecule has 1 aliphatic heterocycles. The number of hydrogen-bond acceptors (Lipinski definition) is 3. The van der Waals surface area contributed by atoms with E-state index in [1.165, 1.54) is 23.9 Å². The molecule has 0 bridgehead atoms. The van der Waals surface area contributed by atoms with E-state index in [1.54, 1.807) is 9.80 Å². The predicted molar refractivity (Wildman–Crippen MR) is 86.9 cm³/mol. The molecule has 0 N–H and O–H groups in total. The molecule has 0 spiro atoms. The Bertz CT molecular complexity index is 577. The Hall–Kier alpha value is -1.27. The van der Waals surface area contributed by atoms with E-state index in [2.05, 4.69) is 0 Å². The normalized spacial score (nSPS) is 16.5. The summed E-state index contributed by atoms with van der Waals surface area (Å²) in [5, 5.41) is 0.0355. The molecule has 0 unspecified atom stereocenters. The molecule has 0 aromatic heterocycles. The zero-order valence-electron chi connectivity index (χ0n) is 12.5. The molecule has 22 heavy (non-hydrogen) atoms. The Morgan fingerprint density at radius 3 is 2.36 bits per heavy atom. The fraction of sp³-hybridized carbons (Fsp3) is 0.467. The maximum Gasteiger partial charge on any atom is 0.255 e. The van der Waals surface area contributed by atoms with Gasteiger partial charge >= 0.3 is 0 Å². The maximum absolute atomic E-state index is 13.0. The molecular formula is C15H18ClFN2O2S. The van der Waals surface area contributed by atoms with Crippen LogP contribution in [-0.2, 0) is 4.79 Å². The summed E-state index contributed by atoms with van der Waals surface area (Å²) in [7, 11) is 0. The summed E-state index contributed by atoms with van der Waals surface area (Å²) in [6.45, 7) is 3.81. The van der Waals surface area contributed by atoms with Crippen LogP contribution < -0.4 is 0 Å². The van der Waals surface area contributed by atoms with E-state index < -0.39 is 5.82 Å². The molecule has 1 aliphatic rings. The zero-order chi connectivity index (χ0) is 16.3. The number of carbonyl (C=O) groups excluding carboxylic acids is 2. The van der Waals surface area contributed by atoms with Gasteiger partial charge in [0.05, 0.1) is 15.8 Å². The fourth-order valence-electron chi connectivity index (χ4n) is 2.32. The highest BCUT2D eigenvalue weighted by Crippen LogP contribution is 2.20. The Kier molecular flexibility index (Phi) is 5.69. The summed E-state index contributed by atoms with van der Waals surface area (Å²) >= 11 is 7.44. The van der Waals surface area contributed by atoms with Gasteiger partial charge in [-0.05, 0) is 31.4 Å². The van der Waals surface area contributed by atoms with Gasteiger partial charge in [0.25, 0.3) is 5.91 Å². The summed E-state index contributed by atoms with van der Waals surface area (Å²) < 4.78 is 13.0. The lowest BCUT2D eigenvalue weighted by atomic mass is 10.1. The van der Waals surface area contributed by atoms with E-state index in [1.807, 2.05) is 13.2 Å².